The normalized spacial score (nSPS) is 10.9. The summed E-state index contributed by atoms with van der Waals surface area (Å²) in [5.74, 6) is 3.07. The number of benzene rings is 2. The van der Waals surface area contributed by atoms with Crippen LogP contribution in [0.15, 0.2) is 60.7 Å². The standard InChI is InChI=1S/C22H26N4O/c1-15(2)23-20-14-21(26-22(25-20)17-8-6-5-7-9-17)24-18-10-12-19(13-11-18)27-16(3)4/h5-16H,1-4H3,(H2,23,24,25,26). The van der Waals surface area contributed by atoms with Crippen LogP contribution in [0.1, 0.15) is 27.7 Å². The molecule has 0 saturated heterocycles. The lowest BCUT2D eigenvalue weighted by molar-refractivity contribution is 0.242. The number of nitrogens with zero attached hydrogens (tertiary/aromatic N) is 2. The van der Waals surface area contributed by atoms with E-state index < -0.39 is 0 Å². The molecule has 2 N–H and O–H groups in total. The minimum Gasteiger partial charge on any atom is -0.491 e. The van der Waals surface area contributed by atoms with E-state index in [4.69, 9.17) is 4.74 Å². The van der Waals surface area contributed by atoms with E-state index >= 15 is 0 Å². The van der Waals surface area contributed by atoms with E-state index in [0.717, 1.165) is 28.6 Å². The van der Waals surface area contributed by atoms with Gasteiger partial charge in [0, 0.05) is 23.4 Å². The third-order valence-electron chi connectivity index (χ3n) is 3.69. The molecule has 27 heavy (non-hydrogen) atoms. The molecule has 140 valence electrons. The summed E-state index contributed by atoms with van der Waals surface area (Å²) in [6.07, 6.45) is 0.156. The van der Waals surface area contributed by atoms with Crippen LogP contribution in [0.25, 0.3) is 11.4 Å². The average molecular weight is 362 g/mol. The van der Waals surface area contributed by atoms with Crippen LogP contribution in [-0.2, 0) is 0 Å². The second-order valence-electron chi connectivity index (χ2n) is 6.94. The molecular formula is C22H26N4O. The summed E-state index contributed by atoms with van der Waals surface area (Å²) in [7, 11) is 0. The largest absolute Gasteiger partial charge is 0.491 e. The lowest BCUT2D eigenvalue weighted by atomic mass is 10.2. The van der Waals surface area contributed by atoms with E-state index in [9.17, 15) is 0 Å². The Balaban J connectivity index is 1.87. The predicted molar refractivity (Wildman–Crippen MR) is 112 cm³/mol. The third kappa shape index (κ3) is 5.45. The highest BCUT2D eigenvalue weighted by Crippen LogP contribution is 2.24. The fourth-order valence-corrected chi connectivity index (χ4v) is 2.63. The topological polar surface area (TPSA) is 59.1 Å². The van der Waals surface area contributed by atoms with Gasteiger partial charge in [0.2, 0.25) is 0 Å². The van der Waals surface area contributed by atoms with Crippen LogP contribution in [0.5, 0.6) is 5.75 Å². The zero-order valence-electron chi connectivity index (χ0n) is 16.2. The highest BCUT2D eigenvalue weighted by molar-refractivity contribution is 5.65. The van der Waals surface area contributed by atoms with Crippen molar-refractivity contribution in [2.75, 3.05) is 10.6 Å². The third-order valence-corrected chi connectivity index (χ3v) is 3.69. The molecule has 0 aliphatic heterocycles. The molecule has 0 aliphatic rings. The van der Waals surface area contributed by atoms with Gasteiger partial charge in [-0.1, -0.05) is 30.3 Å². The number of aromatic nitrogens is 2. The molecule has 0 aliphatic carbocycles. The first-order valence-corrected chi connectivity index (χ1v) is 9.24. The smallest absolute Gasteiger partial charge is 0.163 e. The molecule has 0 saturated carbocycles. The minimum absolute atomic E-state index is 0.156. The van der Waals surface area contributed by atoms with E-state index in [1.165, 1.54) is 0 Å². The number of ether oxygens (including phenoxy) is 1. The van der Waals surface area contributed by atoms with Crippen LogP contribution in [0.2, 0.25) is 0 Å². The van der Waals surface area contributed by atoms with Gasteiger partial charge in [0.25, 0.3) is 0 Å². The summed E-state index contributed by atoms with van der Waals surface area (Å²) < 4.78 is 5.70. The molecule has 5 heteroatoms. The van der Waals surface area contributed by atoms with E-state index in [1.54, 1.807) is 0 Å². The van der Waals surface area contributed by atoms with Crippen LogP contribution in [0.4, 0.5) is 17.3 Å². The molecule has 0 bridgehead atoms. The Hall–Kier alpha value is -3.08. The fraction of sp³-hybridized carbons (Fsp3) is 0.273. The molecule has 0 radical (unpaired) electrons. The number of anilines is 3. The molecule has 1 heterocycles. The molecule has 0 spiro atoms. The fourth-order valence-electron chi connectivity index (χ4n) is 2.63. The van der Waals surface area contributed by atoms with Gasteiger partial charge in [-0.25, -0.2) is 9.97 Å². The van der Waals surface area contributed by atoms with Crippen molar-refractivity contribution in [1.82, 2.24) is 9.97 Å². The molecule has 2 aromatic carbocycles. The summed E-state index contributed by atoms with van der Waals surface area (Å²) >= 11 is 0. The predicted octanol–water partition coefficient (Wildman–Crippen LogP) is 5.49. The summed E-state index contributed by atoms with van der Waals surface area (Å²) in [6.45, 7) is 8.21. The Labute approximate surface area is 160 Å². The molecule has 0 amide bonds. The first-order valence-electron chi connectivity index (χ1n) is 9.24. The lowest BCUT2D eigenvalue weighted by Gasteiger charge is -2.14. The van der Waals surface area contributed by atoms with Crippen LogP contribution >= 0.6 is 0 Å². The molecule has 0 atom stereocenters. The Bertz CT molecular complexity index is 861. The molecule has 3 rings (SSSR count). The summed E-state index contributed by atoms with van der Waals surface area (Å²) in [4.78, 5) is 9.33. The van der Waals surface area contributed by atoms with Gasteiger partial charge in [0.05, 0.1) is 6.10 Å². The zero-order valence-corrected chi connectivity index (χ0v) is 16.2. The first-order chi connectivity index (χ1) is 13.0. The average Bonchev–Trinajstić information content (AvgIpc) is 2.63. The van der Waals surface area contributed by atoms with Gasteiger partial charge >= 0.3 is 0 Å². The molecule has 1 aromatic heterocycles. The molecule has 3 aromatic rings. The first kappa shape index (κ1) is 18.7. The van der Waals surface area contributed by atoms with Crippen molar-refractivity contribution < 1.29 is 4.74 Å². The quantitative estimate of drug-likeness (QED) is 0.581. The van der Waals surface area contributed by atoms with Crippen molar-refractivity contribution >= 4 is 17.3 Å². The number of hydrogen-bond acceptors (Lipinski definition) is 5. The Morgan fingerprint density at radius 2 is 1.48 bits per heavy atom. The maximum atomic E-state index is 5.70. The van der Waals surface area contributed by atoms with Gasteiger partial charge in [0.1, 0.15) is 17.4 Å². The number of rotatable bonds is 7. The maximum Gasteiger partial charge on any atom is 0.163 e. The monoisotopic (exact) mass is 362 g/mol. The van der Waals surface area contributed by atoms with Crippen LogP contribution < -0.4 is 15.4 Å². The van der Waals surface area contributed by atoms with Crippen molar-refractivity contribution in [1.29, 1.82) is 0 Å². The molecule has 0 fully saturated rings. The van der Waals surface area contributed by atoms with Gasteiger partial charge in [-0.05, 0) is 52.0 Å². The number of nitrogens with one attached hydrogen (secondary N) is 2. The van der Waals surface area contributed by atoms with Crippen LogP contribution in [0.3, 0.4) is 0 Å². The van der Waals surface area contributed by atoms with Crippen molar-refractivity contribution in [3.63, 3.8) is 0 Å². The second kappa shape index (κ2) is 8.54. The minimum atomic E-state index is 0.156. The van der Waals surface area contributed by atoms with E-state index in [0.29, 0.717) is 5.82 Å². The molecular weight excluding hydrogens is 336 g/mol. The summed E-state index contributed by atoms with van der Waals surface area (Å²) in [5, 5.41) is 6.72. The highest BCUT2D eigenvalue weighted by Gasteiger charge is 2.08. The van der Waals surface area contributed by atoms with Crippen LogP contribution in [0, 0.1) is 0 Å². The lowest BCUT2D eigenvalue weighted by Crippen LogP contribution is -2.12. The van der Waals surface area contributed by atoms with Gasteiger partial charge < -0.3 is 15.4 Å². The molecule has 5 nitrogen and oxygen atoms in total. The van der Waals surface area contributed by atoms with Crippen molar-refractivity contribution in [3.05, 3.63) is 60.7 Å². The van der Waals surface area contributed by atoms with E-state index in [1.807, 2.05) is 74.5 Å². The van der Waals surface area contributed by atoms with Crippen molar-refractivity contribution in [2.45, 2.75) is 39.8 Å². The maximum absolute atomic E-state index is 5.70. The van der Waals surface area contributed by atoms with Crippen molar-refractivity contribution in [3.8, 4) is 17.1 Å². The van der Waals surface area contributed by atoms with Gasteiger partial charge in [0.15, 0.2) is 5.82 Å². The SMILES string of the molecule is CC(C)Nc1cc(Nc2ccc(OC(C)C)cc2)nc(-c2ccccc2)n1. The van der Waals surface area contributed by atoms with E-state index in [-0.39, 0.29) is 12.1 Å². The zero-order chi connectivity index (χ0) is 19.2. The van der Waals surface area contributed by atoms with Gasteiger partial charge in [-0.15, -0.1) is 0 Å². The molecule has 0 unspecified atom stereocenters. The van der Waals surface area contributed by atoms with Gasteiger partial charge in [-0.3, -0.25) is 0 Å². The highest BCUT2D eigenvalue weighted by atomic mass is 16.5. The van der Waals surface area contributed by atoms with Crippen LogP contribution in [-0.4, -0.2) is 22.1 Å². The number of hydrogen-bond donors (Lipinski definition) is 2. The Morgan fingerprint density at radius 3 is 2.11 bits per heavy atom. The summed E-state index contributed by atoms with van der Waals surface area (Å²) in [6, 6.07) is 20.1. The van der Waals surface area contributed by atoms with Crippen molar-refractivity contribution in [2.24, 2.45) is 0 Å². The van der Waals surface area contributed by atoms with E-state index in [2.05, 4.69) is 34.4 Å². The van der Waals surface area contributed by atoms with Gasteiger partial charge in [-0.2, -0.15) is 0 Å². The second-order valence-corrected chi connectivity index (χ2v) is 6.94. The Morgan fingerprint density at radius 1 is 0.815 bits per heavy atom. The Kier molecular flexibility index (Phi) is 5.91. The summed E-state index contributed by atoms with van der Waals surface area (Å²) in [5.41, 5.74) is 1.92.